The number of aryl methyl sites for hydroxylation is 1. The molecule has 4 nitrogen and oxygen atoms in total. The van der Waals surface area contributed by atoms with E-state index < -0.39 is 5.79 Å². The second-order valence-corrected chi connectivity index (χ2v) is 6.10. The van der Waals surface area contributed by atoms with Gasteiger partial charge < -0.3 is 14.0 Å². The molecule has 4 heteroatoms. The van der Waals surface area contributed by atoms with Crippen LogP contribution in [0.4, 0.5) is 0 Å². The summed E-state index contributed by atoms with van der Waals surface area (Å²) in [6.07, 6.45) is 6.44. The van der Waals surface area contributed by atoms with Crippen molar-refractivity contribution < 1.29 is 9.47 Å². The van der Waals surface area contributed by atoms with Crippen molar-refractivity contribution in [3.63, 3.8) is 0 Å². The number of nitrogens with zero attached hydrogens (tertiary/aromatic N) is 2. The molecule has 0 amide bonds. The second kappa shape index (κ2) is 5.80. The van der Waals surface area contributed by atoms with E-state index in [1.807, 2.05) is 10.8 Å². The minimum atomic E-state index is -0.738. The molecule has 0 N–H and O–H groups in total. The molecule has 4 rings (SSSR count). The highest BCUT2D eigenvalue weighted by Crippen LogP contribution is 2.34. The van der Waals surface area contributed by atoms with Crippen molar-refractivity contribution in [1.82, 2.24) is 9.55 Å². The Kier molecular flexibility index (Phi) is 3.63. The van der Waals surface area contributed by atoms with E-state index in [-0.39, 0.29) is 0 Å². The summed E-state index contributed by atoms with van der Waals surface area (Å²) < 4.78 is 14.3. The Labute approximate surface area is 135 Å². The van der Waals surface area contributed by atoms with E-state index in [0.717, 1.165) is 12.0 Å². The van der Waals surface area contributed by atoms with Crippen molar-refractivity contribution in [3.8, 4) is 0 Å². The van der Waals surface area contributed by atoms with Crippen LogP contribution in [0.2, 0.25) is 0 Å². The molecule has 1 aliphatic heterocycles. The van der Waals surface area contributed by atoms with Gasteiger partial charge in [-0.15, -0.1) is 0 Å². The van der Waals surface area contributed by atoms with Crippen molar-refractivity contribution >= 4 is 10.8 Å². The minimum Gasteiger partial charge on any atom is -0.344 e. The van der Waals surface area contributed by atoms with Gasteiger partial charge in [0.05, 0.1) is 26.1 Å². The number of fused-ring (bicyclic) bond motifs is 1. The van der Waals surface area contributed by atoms with E-state index in [1.165, 1.54) is 16.3 Å². The molecule has 0 spiro atoms. The Morgan fingerprint density at radius 1 is 1.09 bits per heavy atom. The Hall–Kier alpha value is -2.17. The summed E-state index contributed by atoms with van der Waals surface area (Å²) in [5.41, 5.74) is 2.32. The van der Waals surface area contributed by atoms with Crippen LogP contribution in [0, 0.1) is 6.92 Å². The summed E-state index contributed by atoms with van der Waals surface area (Å²) in [6, 6.07) is 12.9. The molecule has 0 aliphatic carbocycles. The molecular weight excluding hydrogens is 288 g/mol. The van der Waals surface area contributed by atoms with E-state index in [1.54, 1.807) is 12.5 Å². The molecule has 0 unspecified atom stereocenters. The SMILES string of the molecule is Cc1ccc2cc(C3(Cn4ccnc4)OCCCO3)ccc2c1. The highest BCUT2D eigenvalue weighted by atomic mass is 16.7. The van der Waals surface area contributed by atoms with E-state index in [0.29, 0.717) is 19.8 Å². The maximum atomic E-state index is 6.13. The number of ether oxygens (including phenoxy) is 2. The van der Waals surface area contributed by atoms with Crippen molar-refractivity contribution in [2.75, 3.05) is 13.2 Å². The van der Waals surface area contributed by atoms with Crippen LogP contribution in [0.1, 0.15) is 17.5 Å². The zero-order chi connectivity index (χ0) is 15.7. The van der Waals surface area contributed by atoms with Gasteiger partial charge in [0, 0.05) is 18.0 Å². The molecule has 0 saturated carbocycles. The average molecular weight is 308 g/mol. The van der Waals surface area contributed by atoms with Crippen molar-refractivity contribution in [2.45, 2.75) is 25.7 Å². The third kappa shape index (κ3) is 2.76. The number of imidazole rings is 1. The fourth-order valence-electron chi connectivity index (χ4n) is 3.15. The first-order chi connectivity index (χ1) is 11.3. The second-order valence-electron chi connectivity index (χ2n) is 6.10. The molecule has 3 aromatic rings. The van der Waals surface area contributed by atoms with Gasteiger partial charge in [-0.25, -0.2) is 4.98 Å². The summed E-state index contributed by atoms with van der Waals surface area (Å²) in [4.78, 5) is 4.12. The summed E-state index contributed by atoms with van der Waals surface area (Å²) >= 11 is 0. The van der Waals surface area contributed by atoms with Crippen molar-refractivity contribution in [3.05, 3.63) is 66.2 Å². The normalized spacial score (nSPS) is 17.4. The molecule has 118 valence electrons. The van der Waals surface area contributed by atoms with Gasteiger partial charge in [-0.05, 0) is 30.2 Å². The van der Waals surface area contributed by atoms with Crippen LogP contribution in [0.3, 0.4) is 0 Å². The number of rotatable bonds is 3. The van der Waals surface area contributed by atoms with Crippen LogP contribution in [-0.2, 0) is 21.8 Å². The maximum absolute atomic E-state index is 6.13. The monoisotopic (exact) mass is 308 g/mol. The number of benzene rings is 2. The molecule has 1 aromatic heterocycles. The highest BCUT2D eigenvalue weighted by molar-refractivity contribution is 5.84. The maximum Gasteiger partial charge on any atom is 0.213 e. The fraction of sp³-hybridized carbons (Fsp3) is 0.316. The predicted octanol–water partition coefficient (Wildman–Crippen LogP) is 3.63. The summed E-state index contributed by atoms with van der Waals surface area (Å²) in [5.74, 6) is -0.738. The van der Waals surface area contributed by atoms with E-state index in [4.69, 9.17) is 9.47 Å². The lowest BCUT2D eigenvalue weighted by Crippen LogP contribution is -2.41. The first-order valence-corrected chi connectivity index (χ1v) is 8.00. The van der Waals surface area contributed by atoms with E-state index in [9.17, 15) is 0 Å². The third-order valence-corrected chi connectivity index (χ3v) is 4.34. The predicted molar refractivity (Wildman–Crippen MR) is 89.1 cm³/mol. The molecule has 2 heterocycles. The van der Waals surface area contributed by atoms with Gasteiger partial charge >= 0.3 is 0 Å². The quantitative estimate of drug-likeness (QED) is 0.741. The first kappa shape index (κ1) is 14.4. The molecule has 1 aliphatic rings. The number of hydrogen-bond acceptors (Lipinski definition) is 3. The lowest BCUT2D eigenvalue weighted by molar-refractivity contribution is -0.283. The number of aromatic nitrogens is 2. The van der Waals surface area contributed by atoms with Crippen molar-refractivity contribution in [2.24, 2.45) is 0 Å². The van der Waals surface area contributed by atoms with Crippen molar-refractivity contribution in [1.29, 1.82) is 0 Å². The van der Waals surface area contributed by atoms with Crippen LogP contribution in [-0.4, -0.2) is 22.8 Å². The van der Waals surface area contributed by atoms with Gasteiger partial charge in [0.25, 0.3) is 0 Å². The minimum absolute atomic E-state index is 0.602. The lowest BCUT2D eigenvalue weighted by Gasteiger charge is -2.37. The molecule has 1 saturated heterocycles. The Bertz CT molecular complexity index is 805. The van der Waals surface area contributed by atoms with Gasteiger partial charge in [0.1, 0.15) is 0 Å². The molecule has 0 atom stereocenters. The van der Waals surface area contributed by atoms with Crippen LogP contribution >= 0.6 is 0 Å². The zero-order valence-electron chi connectivity index (χ0n) is 13.2. The van der Waals surface area contributed by atoms with Gasteiger partial charge in [-0.1, -0.05) is 35.9 Å². The van der Waals surface area contributed by atoms with Crippen LogP contribution in [0.15, 0.2) is 55.1 Å². The Balaban J connectivity index is 1.77. The molecule has 1 fully saturated rings. The topological polar surface area (TPSA) is 36.3 Å². The van der Waals surface area contributed by atoms with Crippen LogP contribution < -0.4 is 0 Å². The molecule has 2 aromatic carbocycles. The van der Waals surface area contributed by atoms with Crippen LogP contribution in [0.25, 0.3) is 10.8 Å². The van der Waals surface area contributed by atoms with Crippen LogP contribution in [0.5, 0.6) is 0 Å². The molecule has 23 heavy (non-hydrogen) atoms. The fourth-order valence-corrected chi connectivity index (χ4v) is 3.15. The summed E-state index contributed by atoms with van der Waals surface area (Å²) in [5, 5.41) is 2.44. The van der Waals surface area contributed by atoms with Gasteiger partial charge in [-0.3, -0.25) is 0 Å². The Morgan fingerprint density at radius 3 is 2.65 bits per heavy atom. The number of hydrogen-bond donors (Lipinski definition) is 0. The van der Waals surface area contributed by atoms with E-state index >= 15 is 0 Å². The summed E-state index contributed by atoms with van der Waals surface area (Å²) in [7, 11) is 0. The average Bonchev–Trinajstić information content (AvgIpc) is 3.08. The van der Waals surface area contributed by atoms with Gasteiger partial charge in [0.15, 0.2) is 0 Å². The molecule has 0 radical (unpaired) electrons. The standard InChI is InChI=1S/C19H20N2O2/c1-15-3-4-17-12-18(6-5-16(17)11-15)19(22-9-2-10-23-19)13-21-8-7-20-14-21/h3-8,11-12,14H,2,9-10,13H2,1H3. The van der Waals surface area contributed by atoms with Gasteiger partial charge in [0.2, 0.25) is 5.79 Å². The highest BCUT2D eigenvalue weighted by Gasteiger charge is 2.37. The van der Waals surface area contributed by atoms with Gasteiger partial charge in [-0.2, -0.15) is 0 Å². The third-order valence-electron chi connectivity index (χ3n) is 4.34. The Morgan fingerprint density at radius 2 is 1.87 bits per heavy atom. The largest absolute Gasteiger partial charge is 0.344 e. The molecule has 0 bridgehead atoms. The molecular formula is C19H20N2O2. The first-order valence-electron chi connectivity index (χ1n) is 8.00. The zero-order valence-corrected chi connectivity index (χ0v) is 13.2. The summed E-state index contributed by atoms with van der Waals surface area (Å²) in [6.45, 7) is 4.13. The van der Waals surface area contributed by atoms with E-state index in [2.05, 4.69) is 48.3 Å². The lowest BCUT2D eigenvalue weighted by atomic mass is 9.99. The smallest absolute Gasteiger partial charge is 0.213 e.